The number of halogens is 1. The fraction of sp³-hybridized carbons (Fsp3) is 0.500. The first kappa shape index (κ1) is 15.6. The average molecular weight is 345 g/mol. The van der Waals surface area contributed by atoms with E-state index >= 15 is 0 Å². The van der Waals surface area contributed by atoms with Crippen molar-refractivity contribution in [1.82, 2.24) is 20.1 Å². The summed E-state index contributed by atoms with van der Waals surface area (Å²) in [7, 11) is 0. The molecule has 0 unspecified atom stereocenters. The van der Waals surface area contributed by atoms with Crippen LogP contribution in [0.2, 0.25) is 5.02 Å². The fourth-order valence-electron chi connectivity index (χ4n) is 3.56. The maximum absolute atomic E-state index is 12.8. The number of hydrogen-bond donors (Lipinski definition) is 1. The van der Waals surface area contributed by atoms with E-state index in [2.05, 4.69) is 20.1 Å². The highest BCUT2D eigenvalue weighted by molar-refractivity contribution is 6.30. The fourth-order valence-corrected chi connectivity index (χ4v) is 3.75. The first-order valence-corrected chi connectivity index (χ1v) is 9.02. The van der Waals surface area contributed by atoms with Crippen molar-refractivity contribution < 1.29 is 4.79 Å². The van der Waals surface area contributed by atoms with Gasteiger partial charge in [0.05, 0.1) is 12.0 Å². The first-order chi connectivity index (χ1) is 11.7. The molecule has 1 aliphatic heterocycles. The summed E-state index contributed by atoms with van der Waals surface area (Å²) >= 11 is 6.08. The maximum atomic E-state index is 12.8. The van der Waals surface area contributed by atoms with Crippen LogP contribution in [-0.4, -0.2) is 20.7 Å². The molecule has 5 nitrogen and oxygen atoms in total. The third kappa shape index (κ3) is 2.81. The molecule has 24 heavy (non-hydrogen) atoms. The van der Waals surface area contributed by atoms with E-state index in [-0.39, 0.29) is 5.91 Å². The number of carbonyl (C=O) groups excluding carboxylic acids is 1. The Kier molecular flexibility index (Phi) is 4.04. The third-order valence-electron chi connectivity index (χ3n) is 5.16. The van der Waals surface area contributed by atoms with Crippen LogP contribution >= 0.6 is 11.6 Å². The molecule has 0 radical (unpaired) electrons. The van der Waals surface area contributed by atoms with Crippen molar-refractivity contribution in [2.75, 3.05) is 0 Å². The van der Waals surface area contributed by atoms with Crippen molar-refractivity contribution in [3.63, 3.8) is 0 Å². The Morgan fingerprint density at radius 1 is 1.25 bits per heavy atom. The van der Waals surface area contributed by atoms with E-state index in [1.807, 2.05) is 24.3 Å². The zero-order chi connectivity index (χ0) is 16.6. The van der Waals surface area contributed by atoms with E-state index in [9.17, 15) is 4.79 Å². The van der Waals surface area contributed by atoms with E-state index in [4.69, 9.17) is 11.6 Å². The second kappa shape index (κ2) is 6.20. The largest absolute Gasteiger partial charge is 0.348 e. The number of aryl methyl sites for hydroxylation is 1. The maximum Gasteiger partial charge on any atom is 0.231 e. The van der Waals surface area contributed by atoms with E-state index < -0.39 is 5.41 Å². The molecule has 0 saturated heterocycles. The monoisotopic (exact) mass is 344 g/mol. The second-order valence-corrected chi connectivity index (χ2v) is 7.21. The number of benzene rings is 1. The summed E-state index contributed by atoms with van der Waals surface area (Å²) in [5, 5.41) is 12.3. The normalized spacial score (nSPS) is 18.5. The molecule has 1 saturated carbocycles. The number of nitrogens with one attached hydrogen (secondary N) is 1. The van der Waals surface area contributed by atoms with Crippen molar-refractivity contribution in [2.45, 2.75) is 57.0 Å². The molecule has 1 fully saturated rings. The van der Waals surface area contributed by atoms with Crippen LogP contribution in [0.3, 0.4) is 0 Å². The number of rotatable bonds is 4. The molecule has 4 rings (SSSR count). The summed E-state index contributed by atoms with van der Waals surface area (Å²) in [5.41, 5.74) is 0.597. The number of hydrogen-bond acceptors (Lipinski definition) is 3. The van der Waals surface area contributed by atoms with Gasteiger partial charge in [-0.3, -0.25) is 4.79 Å². The van der Waals surface area contributed by atoms with Gasteiger partial charge in [0.2, 0.25) is 5.91 Å². The number of nitrogens with zero attached hydrogens (tertiary/aromatic N) is 3. The molecule has 6 heteroatoms. The average Bonchev–Trinajstić information content (AvgIpc) is 3.35. The Bertz CT molecular complexity index is 766. The molecule has 2 heterocycles. The third-order valence-corrected chi connectivity index (χ3v) is 5.39. The highest BCUT2D eigenvalue weighted by atomic mass is 35.5. The van der Waals surface area contributed by atoms with Gasteiger partial charge in [-0.05, 0) is 43.4 Å². The minimum atomic E-state index is -0.410. The molecule has 1 amide bonds. The minimum Gasteiger partial charge on any atom is -0.348 e. The molecular weight excluding hydrogens is 324 g/mol. The van der Waals surface area contributed by atoms with Gasteiger partial charge in [0.25, 0.3) is 0 Å². The van der Waals surface area contributed by atoms with E-state index in [0.29, 0.717) is 11.6 Å². The Morgan fingerprint density at radius 3 is 2.92 bits per heavy atom. The molecule has 2 aromatic rings. The second-order valence-electron chi connectivity index (χ2n) is 6.77. The van der Waals surface area contributed by atoms with Crippen LogP contribution in [0.5, 0.6) is 0 Å². The molecule has 1 N–H and O–H groups in total. The molecule has 0 bridgehead atoms. The van der Waals surface area contributed by atoms with Gasteiger partial charge in [-0.15, -0.1) is 10.2 Å². The summed E-state index contributed by atoms with van der Waals surface area (Å²) < 4.78 is 2.17. The topological polar surface area (TPSA) is 59.8 Å². The van der Waals surface area contributed by atoms with E-state index in [1.54, 1.807) is 0 Å². The van der Waals surface area contributed by atoms with Crippen LogP contribution in [0.4, 0.5) is 0 Å². The van der Waals surface area contributed by atoms with Crippen LogP contribution in [0, 0.1) is 0 Å². The molecule has 1 aromatic carbocycles. The van der Waals surface area contributed by atoms with Gasteiger partial charge in [-0.1, -0.05) is 30.2 Å². The number of aromatic nitrogens is 3. The Morgan fingerprint density at radius 2 is 2.12 bits per heavy atom. The van der Waals surface area contributed by atoms with Crippen LogP contribution < -0.4 is 5.32 Å². The highest BCUT2D eigenvalue weighted by Crippen LogP contribution is 2.48. The Balaban J connectivity index is 1.47. The molecule has 0 atom stereocenters. The van der Waals surface area contributed by atoms with Gasteiger partial charge in [0.1, 0.15) is 5.82 Å². The lowest BCUT2D eigenvalue weighted by Crippen LogP contribution is -2.35. The predicted molar refractivity (Wildman–Crippen MR) is 91.8 cm³/mol. The lowest BCUT2D eigenvalue weighted by atomic mass is 9.95. The molecule has 126 valence electrons. The summed E-state index contributed by atoms with van der Waals surface area (Å²) in [5.74, 6) is 1.98. The van der Waals surface area contributed by atoms with Crippen LogP contribution in [0.1, 0.15) is 49.3 Å². The summed E-state index contributed by atoms with van der Waals surface area (Å²) in [4.78, 5) is 12.8. The Labute approximate surface area is 146 Å². The smallest absolute Gasteiger partial charge is 0.231 e. The van der Waals surface area contributed by atoms with Crippen molar-refractivity contribution in [2.24, 2.45) is 0 Å². The number of amides is 1. The highest BCUT2D eigenvalue weighted by Gasteiger charge is 2.51. The number of carbonyl (C=O) groups is 1. The zero-order valence-electron chi connectivity index (χ0n) is 13.6. The van der Waals surface area contributed by atoms with Crippen LogP contribution in [-0.2, 0) is 29.7 Å². The summed E-state index contributed by atoms with van der Waals surface area (Å²) in [6.07, 6.45) is 6.27. The van der Waals surface area contributed by atoms with Crippen molar-refractivity contribution >= 4 is 17.5 Å². The van der Waals surface area contributed by atoms with Crippen LogP contribution in [0.15, 0.2) is 24.3 Å². The standard InChI is InChI=1S/C18H21ClN4O/c19-14-6-4-5-13(11-14)18(8-9-18)17(24)20-12-16-22-21-15-7-2-1-3-10-23(15)16/h4-6,11H,1-3,7-10,12H2,(H,20,24). The lowest BCUT2D eigenvalue weighted by Gasteiger charge is -2.16. The Hall–Kier alpha value is -1.88. The van der Waals surface area contributed by atoms with Gasteiger partial charge in [0.15, 0.2) is 5.82 Å². The molecule has 1 aromatic heterocycles. The first-order valence-electron chi connectivity index (χ1n) is 8.64. The molecular formula is C18H21ClN4O. The summed E-state index contributed by atoms with van der Waals surface area (Å²) in [6, 6.07) is 7.63. The van der Waals surface area contributed by atoms with E-state index in [1.165, 1.54) is 12.8 Å². The van der Waals surface area contributed by atoms with Gasteiger partial charge in [-0.25, -0.2) is 0 Å². The SMILES string of the molecule is O=C(NCc1nnc2n1CCCCC2)C1(c2cccc(Cl)c2)CC1. The zero-order valence-corrected chi connectivity index (χ0v) is 14.4. The van der Waals surface area contributed by atoms with Gasteiger partial charge in [-0.2, -0.15) is 0 Å². The van der Waals surface area contributed by atoms with Gasteiger partial charge >= 0.3 is 0 Å². The predicted octanol–water partition coefficient (Wildman–Crippen LogP) is 3.01. The minimum absolute atomic E-state index is 0.0655. The van der Waals surface area contributed by atoms with Crippen molar-refractivity contribution in [1.29, 1.82) is 0 Å². The van der Waals surface area contributed by atoms with Gasteiger partial charge < -0.3 is 9.88 Å². The van der Waals surface area contributed by atoms with Crippen molar-refractivity contribution in [3.05, 3.63) is 46.5 Å². The molecule has 2 aliphatic rings. The molecule has 1 aliphatic carbocycles. The molecule has 0 spiro atoms. The quantitative estimate of drug-likeness (QED) is 0.927. The number of fused-ring (bicyclic) bond motifs is 1. The van der Waals surface area contributed by atoms with Crippen molar-refractivity contribution in [3.8, 4) is 0 Å². The van der Waals surface area contributed by atoms with Crippen LogP contribution in [0.25, 0.3) is 0 Å². The van der Waals surface area contributed by atoms with Gasteiger partial charge in [0, 0.05) is 18.0 Å². The summed E-state index contributed by atoms with van der Waals surface area (Å²) in [6.45, 7) is 1.39. The lowest BCUT2D eigenvalue weighted by molar-refractivity contribution is -0.123. The van der Waals surface area contributed by atoms with E-state index in [0.717, 1.165) is 49.4 Å².